The Morgan fingerprint density at radius 3 is 2.50 bits per heavy atom. The second-order valence-corrected chi connectivity index (χ2v) is 9.45. The first kappa shape index (κ1) is 25.6. The molecule has 4 rings (SSSR count). The number of hydrogen-bond donors (Lipinski definition) is 1. The van der Waals surface area contributed by atoms with Gasteiger partial charge in [0.25, 0.3) is 0 Å². The average molecular weight is 505 g/mol. The molecule has 0 saturated heterocycles. The summed E-state index contributed by atoms with van der Waals surface area (Å²) < 4.78 is 12.7. The minimum absolute atomic E-state index is 0.0405. The maximum absolute atomic E-state index is 12.5. The highest BCUT2D eigenvalue weighted by atomic mass is 32.2. The zero-order chi connectivity index (χ0) is 25.7. The van der Waals surface area contributed by atoms with E-state index in [4.69, 9.17) is 19.6 Å². The van der Waals surface area contributed by atoms with Gasteiger partial charge in [0, 0.05) is 46.9 Å². The molecule has 0 atom stereocenters. The van der Waals surface area contributed by atoms with Crippen molar-refractivity contribution < 1.29 is 14.3 Å². The van der Waals surface area contributed by atoms with E-state index in [9.17, 15) is 4.79 Å². The molecule has 0 fully saturated rings. The minimum Gasteiger partial charge on any atom is -0.497 e. The molecule has 4 aromatic rings. The molecule has 0 unspecified atom stereocenters. The van der Waals surface area contributed by atoms with Gasteiger partial charge in [-0.25, -0.2) is 9.50 Å². The number of ether oxygens (including phenoxy) is 2. The number of carbonyl (C=O) groups is 1. The molecule has 7 nitrogen and oxygen atoms in total. The van der Waals surface area contributed by atoms with E-state index in [1.165, 1.54) is 10.5 Å². The van der Waals surface area contributed by atoms with E-state index in [1.807, 2.05) is 42.6 Å². The molecule has 0 aliphatic heterocycles. The number of nitrogens with one attached hydrogen (secondary N) is 1. The minimum atomic E-state index is 0.0405. The van der Waals surface area contributed by atoms with E-state index >= 15 is 0 Å². The molecule has 0 radical (unpaired) electrons. The van der Waals surface area contributed by atoms with E-state index in [-0.39, 0.29) is 5.91 Å². The molecule has 2 aromatic carbocycles. The van der Waals surface area contributed by atoms with Crippen LogP contribution in [-0.2, 0) is 17.6 Å². The quantitative estimate of drug-likeness (QED) is 0.305. The summed E-state index contributed by atoms with van der Waals surface area (Å²) in [5, 5.41) is 7.84. The second kappa shape index (κ2) is 11.5. The van der Waals surface area contributed by atoms with Gasteiger partial charge < -0.3 is 14.8 Å². The van der Waals surface area contributed by atoms with Crippen LogP contribution >= 0.6 is 11.8 Å². The van der Waals surface area contributed by atoms with E-state index in [0.717, 1.165) is 46.0 Å². The maximum Gasteiger partial charge on any atom is 0.220 e. The summed E-state index contributed by atoms with van der Waals surface area (Å²) in [6, 6.07) is 16.1. The predicted octanol–water partition coefficient (Wildman–Crippen LogP) is 5.04. The number of benzene rings is 2. The number of aryl methyl sites for hydroxylation is 2. The molecule has 36 heavy (non-hydrogen) atoms. The van der Waals surface area contributed by atoms with E-state index in [1.54, 1.807) is 26.0 Å². The molecule has 8 heteroatoms. The number of carbonyl (C=O) groups excluding carboxylic acids is 1. The first-order valence-electron chi connectivity index (χ1n) is 11.9. The van der Waals surface area contributed by atoms with Gasteiger partial charge >= 0.3 is 0 Å². The topological polar surface area (TPSA) is 77.8 Å². The zero-order valence-corrected chi connectivity index (χ0v) is 22.2. The molecule has 2 aromatic heterocycles. The standard InChI is InChI=1S/C28H32N4O3S/c1-18-23(12-13-28(33)29-15-14-20-6-9-22(36-5)10-7-20)19(2)32-27(30-18)17-25(31-32)24-11-8-21(34-3)16-26(24)35-4/h6-11,16-17H,12-15H2,1-5H3,(H,29,33). The first-order valence-corrected chi connectivity index (χ1v) is 13.1. The van der Waals surface area contributed by atoms with Crippen LogP contribution in [0.4, 0.5) is 0 Å². The Bertz CT molecular complexity index is 1370. The number of hydrogen-bond acceptors (Lipinski definition) is 6. The lowest BCUT2D eigenvalue weighted by Crippen LogP contribution is -2.26. The van der Waals surface area contributed by atoms with Gasteiger partial charge in [-0.1, -0.05) is 12.1 Å². The highest BCUT2D eigenvalue weighted by Crippen LogP contribution is 2.33. The van der Waals surface area contributed by atoms with Crippen LogP contribution in [0.25, 0.3) is 16.9 Å². The maximum atomic E-state index is 12.5. The lowest BCUT2D eigenvalue weighted by Gasteiger charge is -2.11. The molecular weight excluding hydrogens is 472 g/mol. The summed E-state index contributed by atoms with van der Waals surface area (Å²) >= 11 is 1.73. The highest BCUT2D eigenvalue weighted by Gasteiger charge is 2.16. The van der Waals surface area contributed by atoms with Crippen LogP contribution in [-0.4, -0.2) is 47.5 Å². The van der Waals surface area contributed by atoms with Crippen LogP contribution in [0.5, 0.6) is 11.5 Å². The third-order valence-corrected chi connectivity index (χ3v) is 7.09. The van der Waals surface area contributed by atoms with Gasteiger partial charge in [0.1, 0.15) is 11.5 Å². The van der Waals surface area contributed by atoms with Gasteiger partial charge in [0.05, 0.1) is 19.9 Å². The lowest BCUT2D eigenvalue weighted by molar-refractivity contribution is -0.121. The fourth-order valence-corrected chi connectivity index (χ4v) is 4.70. The van der Waals surface area contributed by atoms with Crippen LogP contribution < -0.4 is 14.8 Å². The third kappa shape index (κ3) is 5.65. The summed E-state index contributed by atoms with van der Waals surface area (Å²) in [5.74, 6) is 1.45. The number of amides is 1. The number of aromatic nitrogens is 3. The van der Waals surface area contributed by atoms with Crippen LogP contribution in [0, 0.1) is 13.8 Å². The van der Waals surface area contributed by atoms with Crippen LogP contribution in [0.2, 0.25) is 0 Å². The molecule has 1 amide bonds. The van der Waals surface area contributed by atoms with Crippen LogP contribution in [0.3, 0.4) is 0 Å². The van der Waals surface area contributed by atoms with Crippen molar-refractivity contribution in [3.05, 3.63) is 71.0 Å². The van der Waals surface area contributed by atoms with Gasteiger partial charge in [0.2, 0.25) is 5.91 Å². The fraction of sp³-hybridized carbons (Fsp3) is 0.321. The van der Waals surface area contributed by atoms with Gasteiger partial charge in [-0.2, -0.15) is 5.10 Å². The zero-order valence-electron chi connectivity index (χ0n) is 21.4. The van der Waals surface area contributed by atoms with Gasteiger partial charge in [-0.05, 0) is 68.3 Å². The largest absolute Gasteiger partial charge is 0.497 e. The van der Waals surface area contributed by atoms with Crippen molar-refractivity contribution in [1.82, 2.24) is 19.9 Å². The SMILES string of the molecule is COc1ccc(-c2cc3nc(C)c(CCC(=O)NCCc4ccc(SC)cc4)c(C)n3n2)c(OC)c1. The average Bonchev–Trinajstić information content (AvgIpc) is 3.32. The smallest absolute Gasteiger partial charge is 0.220 e. The summed E-state index contributed by atoms with van der Waals surface area (Å²) in [5.41, 5.74) is 6.56. The molecular formula is C28H32N4O3S. The first-order chi connectivity index (χ1) is 17.4. The normalized spacial score (nSPS) is 11.0. The third-order valence-electron chi connectivity index (χ3n) is 6.35. The van der Waals surface area contributed by atoms with Gasteiger partial charge in [0.15, 0.2) is 5.65 Å². The molecule has 0 saturated carbocycles. The fourth-order valence-electron chi connectivity index (χ4n) is 4.30. The van der Waals surface area contributed by atoms with Gasteiger partial charge in [-0.3, -0.25) is 4.79 Å². The molecule has 0 aliphatic carbocycles. The van der Waals surface area contributed by atoms with Crippen LogP contribution in [0.15, 0.2) is 53.4 Å². The summed E-state index contributed by atoms with van der Waals surface area (Å²) in [7, 11) is 3.26. The van der Waals surface area contributed by atoms with Gasteiger partial charge in [-0.15, -0.1) is 11.8 Å². The van der Waals surface area contributed by atoms with Crippen molar-refractivity contribution in [1.29, 1.82) is 0 Å². The molecule has 0 aliphatic rings. The van der Waals surface area contributed by atoms with E-state index in [0.29, 0.717) is 25.1 Å². The summed E-state index contributed by atoms with van der Waals surface area (Å²) in [6.45, 7) is 4.63. The Morgan fingerprint density at radius 1 is 1.03 bits per heavy atom. The number of methoxy groups -OCH3 is 2. The Balaban J connectivity index is 1.44. The number of nitrogens with zero attached hydrogens (tertiary/aromatic N) is 3. The van der Waals surface area contributed by atoms with E-state index < -0.39 is 0 Å². The highest BCUT2D eigenvalue weighted by molar-refractivity contribution is 7.98. The van der Waals surface area contributed by atoms with Crippen molar-refractivity contribution in [2.24, 2.45) is 0 Å². The molecule has 1 N–H and O–H groups in total. The Morgan fingerprint density at radius 2 is 1.81 bits per heavy atom. The molecule has 0 bridgehead atoms. The van der Waals surface area contributed by atoms with Crippen molar-refractivity contribution in [3.8, 4) is 22.8 Å². The van der Waals surface area contributed by atoms with Crippen LogP contribution in [0.1, 0.15) is 28.9 Å². The molecule has 2 heterocycles. The summed E-state index contributed by atoms with van der Waals surface area (Å²) in [6.07, 6.45) is 3.89. The Labute approximate surface area is 216 Å². The predicted molar refractivity (Wildman–Crippen MR) is 144 cm³/mol. The number of rotatable bonds is 10. The Kier molecular flexibility index (Phi) is 8.15. The second-order valence-electron chi connectivity index (χ2n) is 8.57. The van der Waals surface area contributed by atoms with Crippen molar-refractivity contribution in [2.45, 2.75) is 38.0 Å². The molecule has 0 spiro atoms. The lowest BCUT2D eigenvalue weighted by atomic mass is 10.1. The summed E-state index contributed by atoms with van der Waals surface area (Å²) in [4.78, 5) is 18.5. The monoisotopic (exact) mass is 504 g/mol. The number of fused-ring (bicyclic) bond motifs is 1. The van der Waals surface area contributed by atoms with E-state index in [2.05, 4.69) is 35.8 Å². The van der Waals surface area contributed by atoms with Crippen molar-refractivity contribution >= 4 is 23.3 Å². The van der Waals surface area contributed by atoms with Crippen molar-refractivity contribution in [3.63, 3.8) is 0 Å². The molecule has 188 valence electrons. The number of thioether (sulfide) groups is 1. The van der Waals surface area contributed by atoms with Crippen molar-refractivity contribution in [2.75, 3.05) is 27.0 Å². The Hall–Kier alpha value is -3.52.